The normalized spacial score (nSPS) is 11.2. The molecule has 1 aromatic carbocycles. The Labute approximate surface area is 125 Å². The molecule has 1 amide bonds. The molecule has 0 unspecified atom stereocenters. The Morgan fingerprint density at radius 1 is 1.32 bits per heavy atom. The average Bonchev–Trinajstić information content (AvgIpc) is 2.43. The van der Waals surface area contributed by atoms with Crippen LogP contribution in [-0.2, 0) is 22.1 Å². The minimum atomic E-state index is -4.65. The summed E-state index contributed by atoms with van der Waals surface area (Å²) in [6, 6.07) is 1.75. The van der Waals surface area contributed by atoms with Crippen LogP contribution in [0.1, 0.15) is 34.8 Å². The number of alkyl halides is 3. The summed E-state index contributed by atoms with van der Waals surface area (Å²) in [5.41, 5.74) is -1.54. The summed E-state index contributed by atoms with van der Waals surface area (Å²) >= 11 is 0. The number of anilines is 1. The van der Waals surface area contributed by atoms with E-state index in [-0.39, 0.29) is 36.3 Å². The van der Waals surface area contributed by atoms with Crippen LogP contribution in [0.2, 0.25) is 0 Å². The molecule has 0 fully saturated rings. The van der Waals surface area contributed by atoms with Gasteiger partial charge in [-0.1, -0.05) is 0 Å². The second-order valence-corrected chi connectivity index (χ2v) is 4.55. The summed E-state index contributed by atoms with van der Waals surface area (Å²) in [6.07, 6.45) is -4.59. The highest BCUT2D eigenvalue weighted by Gasteiger charge is 2.35. The van der Waals surface area contributed by atoms with Crippen LogP contribution >= 0.6 is 0 Å². The highest BCUT2D eigenvalue weighted by molar-refractivity contribution is 6.01. The van der Waals surface area contributed by atoms with Crippen LogP contribution in [0.25, 0.3) is 0 Å². The van der Waals surface area contributed by atoms with Gasteiger partial charge in [-0.15, -0.1) is 0 Å². The Bertz CT molecular complexity index is 570. The minimum absolute atomic E-state index is 0.0598. The van der Waals surface area contributed by atoms with Crippen molar-refractivity contribution in [3.63, 3.8) is 0 Å². The van der Waals surface area contributed by atoms with Crippen LogP contribution in [-0.4, -0.2) is 30.7 Å². The third-order valence-corrected chi connectivity index (χ3v) is 2.87. The average molecular weight is 319 g/mol. The second kappa shape index (κ2) is 7.26. The van der Waals surface area contributed by atoms with Crippen LogP contribution in [0.3, 0.4) is 0 Å². The molecule has 122 valence electrons. The number of aliphatic hydroxyl groups is 1. The first-order chi connectivity index (χ1) is 10.2. The molecule has 0 atom stereocenters. The molecule has 0 saturated carbocycles. The molecular formula is C14H16F3NO4. The van der Waals surface area contributed by atoms with Crippen molar-refractivity contribution in [2.45, 2.75) is 25.9 Å². The Hall–Kier alpha value is -2.09. The molecule has 5 nitrogen and oxygen atoms in total. The summed E-state index contributed by atoms with van der Waals surface area (Å²) in [6.45, 7) is 0.840. The monoisotopic (exact) mass is 319 g/mol. The van der Waals surface area contributed by atoms with Gasteiger partial charge in [-0.3, -0.25) is 4.79 Å². The first-order valence-corrected chi connectivity index (χ1v) is 6.41. The Morgan fingerprint density at radius 2 is 1.95 bits per heavy atom. The molecule has 22 heavy (non-hydrogen) atoms. The molecule has 8 heteroatoms. The van der Waals surface area contributed by atoms with E-state index in [2.05, 4.69) is 10.1 Å². The fraction of sp³-hybridized carbons (Fsp3) is 0.429. The standard InChI is InChI=1S/C14H16F3NO4/c1-8(20)18-12-7-11(14(15,16)17)9(4-3-5-19)6-10(12)13(21)22-2/h6-7,19H,3-5H2,1-2H3,(H,18,20). The number of benzene rings is 1. The van der Waals surface area contributed by atoms with E-state index >= 15 is 0 Å². The van der Waals surface area contributed by atoms with Crippen molar-refractivity contribution in [2.75, 3.05) is 19.0 Å². The van der Waals surface area contributed by atoms with Gasteiger partial charge in [-0.2, -0.15) is 13.2 Å². The third kappa shape index (κ3) is 4.45. The van der Waals surface area contributed by atoms with Crippen LogP contribution in [0.15, 0.2) is 12.1 Å². The van der Waals surface area contributed by atoms with E-state index < -0.39 is 23.6 Å². The summed E-state index contributed by atoms with van der Waals surface area (Å²) in [5.74, 6) is -1.47. The molecule has 0 spiro atoms. The SMILES string of the molecule is COC(=O)c1cc(CCCO)c(C(F)(F)F)cc1NC(C)=O. The van der Waals surface area contributed by atoms with Gasteiger partial charge in [0, 0.05) is 13.5 Å². The number of carbonyl (C=O) groups is 2. The number of hydrogen-bond donors (Lipinski definition) is 2. The smallest absolute Gasteiger partial charge is 0.416 e. The number of ether oxygens (including phenoxy) is 1. The predicted octanol–water partition coefficient (Wildman–Crippen LogP) is 2.38. The molecule has 1 aromatic rings. The lowest BCUT2D eigenvalue weighted by molar-refractivity contribution is -0.138. The van der Waals surface area contributed by atoms with Gasteiger partial charge in [0.2, 0.25) is 5.91 Å². The Kier molecular flexibility index (Phi) is 5.92. The number of nitrogens with one attached hydrogen (secondary N) is 1. The van der Waals surface area contributed by atoms with Crippen molar-refractivity contribution in [3.05, 3.63) is 28.8 Å². The van der Waals surface area contributed by atoms with Crippen LogP contribution in [0, 0.1) is 0 Å². The van der Waals surface area contributed by atoms with E-state index in [9.17, 15) is 22.8 Å². The number of amides is 1. The number of hydrogen-bond acceptors (Lipinski definition) is 4. The second-order valence-electron chi connectivity index (χ2n) is 4.55. The molecule has 0 aliphatic heterocycles. The van der Waals surface area contributed by atoms with Crippen molar-refractivity contribution in [2.24, 2.45) is 0 Å². The lowest BCUT2D eigenvalue weighted by Gasteiger charge is -2.17. The van der Waals surface area contributed by atoms with Gasteiger partial charge < -0.3 is 15.2 Å². The molecule has 0 aromatic heterocycles. The number of aryl methyl sites for hydroxylation is 1. The van der Waals surface area contributed by atoms with Gasteiger partial charge in [-0.25, -0.2) is 4.79 Å². The largest absolute Gasteiger partial charge is 0.465 e. The maximum atomic E-state index is 13.1. The molecular weight excluding hydrogens is 303 g/mol. The zero-order valence-corrected chi connectivity index (χ0v) is 12.1. The first-order valence-electron chi connectivity index (χ1n) is 6.41. The van der Waals surface area contributed by atoms with E-state index in [1.807, 2.05) is 0 Å². The minimum Gasteiger partial charge on any atom is -0.465 e. The van der Waals surface area contributed by atoms with Crippen molar-refractivity contribution in [1.82, 2.24) is 0 Å². The Morgan fingerprint density at radius 3 is 2.41 bits per heavy atom. The van der Waals surface area contributed by atoms with Gasteiger partial charge >= 0.3 is 12.1 Å². The van der Waals surface area contributed by atoms with E-state index in [0.717, 1.165) is 20.1 Å². The van der Waals surface area contributed by atoms with Crippen LogP contribution < -0.4 is 5.32 Å². The van der Waals surface area contributed by atoms with E-state index in [1.165, 1.54) is 0 Å². The lowest BCUT2D eigenvalue weighted by atomic mass is 9.97. The van der Waals surface area contributed by atoms with E-state index in [1.54, 1.807) is 0 Å². The maximum Gasteiger partial charge on any atom is 0.416 e. The summed E-state index contributed by atoms with van der Waals surface area (Å²) in [4.78, 5) is 22.8. The molecule has 0 aliphatic carbocycles. The van der Waals surface area contributed by atoms with E-state index in [0.29, 0.717) is 6.07 Å². The molecule has 0 saturated heterocycles. The summed E-state index contributed by atoms with van der Waals surface area (Å²) in [5, 5.41) is 11.0. The molecule has 1 rings (SSSR count). The van der Waals surface area contributed by atoms with Gasteiger partial charge in [0.05, 0.1) is 23.9 Å². The lowest BCUT2D eigenvalue weighted by Crippen LogP contribution is -2.17. The predicted molar refractivity (Wildman–Crippen MR) is 72.5 cm³/mol. The fourth-order valence-corrected chi connectivity index (χ4v) is 1.96. The quantitative estimate of drug-likeness (QED) is 0.817. The van der Waals surface area contributed by atoms with Crippen LogP contribution in [0.5, 0.6) is 0 Å². The maximum absolute atomic E-state index is 13.1. The number of carbonyl (C=O) groups excluding carboxylic acids is 2. The Balaban J connectivity index is 3.48. The number of rotatable bonds is 5. The van der Waals surface area contributed by atoms with Crippen molar-refractivity contribution in [1.29, 1.82) is 0 Å². The number of halogens is 3. The summed E-state index contributed by atoms with van der Waals surface area (Å²) < 4.78 is 43.9. The molecule has 0 heterocycles. The highest BCUT2D eigenvalue weighted by Crippen LogP contribution is 2.36. The summed E-state index contributed by atoms with van der Waals surface area (Å²) in [7, 11) is 1.09. The third-order valence-electron chi connectivity index (χ3n) is 2.87. The zero-order chi connectivity index (χ0) is 16.9. The molecule has 0 radical (unpaired) electrons. The van der Waals surface area contributed by atoms with Crippen molar-refractivity contribution in [3.8, 4) is 0 Å². The van der Waals surface area contributed by atoms with Gasteiger partial charge in [0.25, 0.3) is 0 Å². The fourth-order valence-electron chi connectivity index (χ4n) is 1.96. The van der Waals surface area contributed by atoms with E-state index in [4.69, 9.17) is 5.11 Å². The number of aliphatic hydroxyl groups excluding tert-OH is 1. The topological polar surface area (TPSA) is 75.6 Å². The number of esters is 1. The number of methoxy groups -OCH3 is 1. The van der Waals surface area contributed by atoms with Gasteiger partial charge in [-0.05, 0) is 30.5 Å². The van der Waals surface area contributed by atoms with Crippen molar-refractivity contribution < 1.29 is 32.6 Å². The highest BCUT2D eigenvalue weighted by atomic mass is 19.4. The molecule has 0 bridgehead atoms. The van der Waals surface area contributed by atoms with Gasteiger partial charge in [0.1, 0.15) is 0 Å². The van der Waals surface area contributed by atoms with Crippen molar-refractivity contribution >= 4 is 17.6 Å². The van der Waals surface area contributed by atoms with Gasteiger partial charge in [0.15, 0.2) is 0 Å². The zero-order valence-electron chi connectivity index (χ0n) is 12.1. The molecule has 0 aliphatic rings. The molecule has 2 N–H and O–H groups in total. The van der Waals surface area contributed by atoms with Crippen LogP contribution in [0.4, 0.5) is 18.9 Å². The first kappa shape index (κ1) is 18.0.